The number of nitrogens with one attached hydrogen (secondary N) is 1. The molecule has 0 saturated carbocycles. The molecule has 1 heterocycles. The lowest BCUT2D eigenvalue weighted by atomic mass is 9.89. The second-order valence-corrected chi connectivity index (χ2v) is 5.16. The van der Waals surface area contributed by atoms with E-state index in [1.165, 1.54) is 0 Å². The van der Waals surface area contributed by atoms with Crippen molar-refractivity contribution < 1.29 is 9.13 Å². The molecule has 100 valence electrons. The predicted octanol–water partition coefficient (Wildman–Crippen LogP) is 3.21. The van der Waals surface area contributed by atoms with Gasteiger partial charge in [-0.25, -0.2) is 4.39 Å². The molecule has 0 aromatic heterocycles. The Morgan fingerprint density at radius 2 is 2.11 bits per heavy atom. The average molecular weight is 251 g/mol. The minimum Gasteiger partial charge on any atom is -0.381 e. The van der Waals surface area contributed by atoms with Crippen LogP contribution in [0, 0.1) is 18.7 Å². The molecule has 1 saturated heterocycles. The maximum Gasteiger partial charge on any atom is 0.127 e. The van der Waals surface area contributed by atoms with Gasteiger partial charge in [0.25, 0.3) is 0 Å². The topological polar surface area (TPSA) is 21.3 Å². The molecule has 1 aromatic rings. The van der Waals surface area contributed by atoms with E-state index in [2.05, 4.69) is 5.32 Å². The maximum atomic E-state index is 13.9. The van der Waals surface area contributed by atoms with Crippen LogP contribution in [0.2, 0.25) is 0 Å². The van der Waals surface area contributed by atoms with Crippen molar-refractivity contribution in [3.8, 4) is 0 Å². The number of hydrogen-bond donors (Lipinski definition) is 1. The van der Waals surface area contributed by atoms with Crippen molar-refractivity contribution in [3.63, 3.8) is 0 Å². The lowest BCUT2D eigenvalue weighted by molar-refractivity contribution is 0.0607. The van der Waals surface area contributed by atoms with Crippen molar-refractivity contribution in [1.82, 2.24) is 5.32 Å². The summed E-state index contributed by atoms with van der Waals surface area (Å²) in [4.78, 5) is 0. The first kappa shape index (κ1) is 13.5. The Balaban J connectivity index is 2.09. The van der Waals surface area contributed by atoms with Crippen LogP contribution in [-0.4, -0.2) is 20.3 Å². The molecule has 0 aliphatic carbocycles. The Bertz CT molecular complexity index is 388. The van der Waals surface area contributed by atoms with Crippen molar-refractivity contribution in [3.05, 3.63) is 35.1 Å². The number of rotatable bonds is 4. The van der Waals surface area contributed by atoms with Crippen LogP contribution in [0.3, 0.4) is 0 Å². The highest BCUT2D eigenvalue weighted by Crippen LogP contribution is 2.29. The fourth-order valence-corrected chi connectivity index (χ4v) is 2.65. The SMILES string of the molecule is CNC(CC1CCOCC1)c1cc(C)ccc1F. The van der Waals surface area contributed by atoms with Crippen molar-refractivity contribution in [2.24, 2.45) is 5.92 Å². The van der Waals surface area contributed by atoms with Crippen molar-refractivity contribution in [2.45, 2.75) is 32.2 Å². The fourth-order valence-electron chi connectivity index (χ4n) is 2.65. The van der Waals surface area contributed by atoms with Gasteiger partial charge in [0.05, 0.1) is 0 Å². The average Bonchev–Trinajstić information content (AvgIpc) is 2.40. The predicted molar refractivity (Wildman–Crippen MR) is 71.1 cm³/mol. The number of benzene rings is 1. The molecule has 2 rings (SSSR count). The summed E-state index contributed by atoms with van der Waals surface area (Å²) >= 11 is 0. The molecular weight excluding hydrogens is 229 g/mol. The summed E-state index contributed by atoms with van der Waals surface area (Å²) in [6, 6.07) is 5.45. The van der Waals surface area contributed by atoms with E-state index >= 15 is 0 Å². The first-order valence-electron chi connectivity index (χ1n) is 6.71. The third kappa shape index (κ3) is 3.30. The lowest BCUT2D eigenvalue weighted by Gasteiger charge is -2.27. The van der Waals surface area contributed by atoms with Crippen LogP contribution >= 0.6 is 0 Å². The van der Waals surface area contributed by atoms with Gasteiger partial charge >= 0.3 is 0 Å². The summed E-state index contributed by atoms with van der Waals surface area (Å²) in [6.07, 6.45) is 3.16. The van der Waals surface area contributed by atoms with Crippen LogP contribution < -0.4 is 5.32 Å². The van der Waals surface area contributed by atoms with Crippen LogP contribution in [-0.2, 0) is 4.74 Å². The number of aryl methyl sites for hydroxylation is 1. The molecular formula is C15H22FNO. The molecule has 1 aliphatic heterocycles. The summed E-state index contributed by atoms with van der Waals surface area (Å²) < 4.78 is 19.3. The van der Waals surface area contributed by atoms with Gasteiger partial charge in [-0.15, -0.1) is 0 Å². The second kappa shape index (κ2) is 6.30. The molecule has 0 radical (unpaired) electrons. The molecule has 1 unspecified atom stereocenters. The smallest absolute Gasteiger partial charge is 0.127 e. The van der Waals surface area contributed by atoms with E-state index in [9.17, 15) is 4.39 Å². The molecule has 1 aromatic carbocycles. The summed E-state index contributed by atoms with van der Waals surface area (Å²) in [5, 5.41) is 3.25. The molecule has 1 atom stereocenters. The Labute approximate surface area is 109 Å². The van der Waals surface area contributed by atoms with Crippen LogP contribution in [0.4, 0.5) is 4.39 Å². The molecule has 2 nitrogen and oxygen atoms in total. The molecule has 1 aliphatic rings. The zero-order chi connectivity index (χ0) is 13.0. The third-order valence-corrected chi connectivity index (χ3v) is 3.79. The Kier molecular flexibility index (Phi) is 4.72. The van der Waals surface area contributed by atoms with E-state index in [1.54, 1.807) is 6.07 Å². The lowest BCUT2D eigenvalue weighted by Crippen LogP contribution is -2.24. The second-order valence-electron chi connectivity index (χ2n) is 5.16. The van der Waals surface area contributed by atoms with Gasteiger partial charge in [0.15, 0.2) is 0 Å². The van der Waals surface area contributed by atoms with E-state index in [1.807, 2.05) is 26.1 Å². The Morgan fingerprint density at radius 3 is 2.78 bits per heavy atom. The number of halogens is 1. The Morgan fingerprint density at radius 1 is 1.39 bits per heavy atom. The van der Waals surface area contributed by atoms with E-state index in [-0.39, 0.29) is 11.9 Å². The van der Waals surface area contributed by atoms with E-state index < -0.39 is 0 Å². The van der Waals surface area contributed by atoms with Crippen molar-refractivity contribution in [1.29, 1.82) is 0 Å². The fraction of sp³-hybridized carbons (Fsp3) is 0.600. The zero-order valence-corrected chi connectivity index (χ0v) is 11.2. The van der Waals surface area contributed by atoms with Crippen LogP contribution in [0.15, 0.2) is 18.2 Å². The molecule has 18 heavy (non-hydrogen) atoms. The maximum absolute atomic E-state index is 13.9. The summed E-state index contributed by atoms with van der Waals surface area (Å²) in [6.45, 7) is 3.69. The Hall–Kier alpha value is -0.930. The number of hydrogen-bond acceptors (Lipinski definition) is 2. The van der Waals surface area contributed by atoms with Gasteiger partial charge in [0, 0.05) is 24.8 Å². The molecule has 0 spiro atoms. The number of ether oxygens (including phenoxy) is 1. The van der Waals surface area contributed by atoms with E-state index in [4.69, 9.17) is 4.74 Å². The summed E-state index contributed by atoms with van der Waals surface area (Å²) in [7, 11) is 1.91. The van der Waals surface area contributed by atoms with Gasteiger partial charge in [0.1, 0.15) is 5.82 Å². The highest BCUT2D eigenvalue weighted by Gasteiger charge is 2.21. The van der Waals surface area contributed by atoms with Gasteiger partial charge in [-0.2, -0.15) is 0 Å². The minimum absolute atomic E-state index is 0.105. The summed E-state index contributed by atoms with van der Waals surface area (Å²) in [5.74, 6) is 0.531. The van der Waals surface area contributed by atoms with Gasteiger partial charge in [-0.3, -0.25) is 0 Å². The molecule has 0 amide bonds. The zero-order valence-electron chi connectivity index (χ0n) is 11.2. The van der Waals surface area contributed by atoms with Crippen LogP contribution in [0.5, 0.6) is 0 Å². The van der Waals surface area contributed by atoms with Gasteiger partial charge < -0.3 is 10.1 Å². The van der Waals surface area contributed by atoms with Crippen molar-refractivity contribution >= 4 is 0 Å². The quantitative estimate of drug-likeness (QED) is 0.887. The van der Waals surface area contributed by atoms with Crippen LogP contribution in [0.25, 0.3) is 0 Å². The van der Waals surface area contributed by atoms with E-state index in [0.717, 1.165) is 43.6 Å². The monoisotopic (exact) mass is 251 g/mol. The van der Waals surface area contributed by atoms with Gasteiger partial charge in [-0.05, 0) is 45.2 Å². The third-order valence-electron chi connectivity index (χ3n) is 3.79. The van der Waals surface area contributed by atoms with Gasteiger partial charge in [0.2, 0.25) is 0 Å². The summed E-state index contributed by atoms with van der Waals surface area (Å²) in [5.41, 5.74) is 1.91. The molecule has 1 fully saturated rings. The molecule has 0 bridgehead atoms. The van der Waals surface area contributed by atoms with Gasteiger partial charge in [-0.1, -0.05) is 17.7 Å². The molecule has 1 N–H and O–H groups in total. The minimum atomic E-state index is -0.105. The van der Waals surface area contributed by atoms with Crippen LogP contribution in [0.1, 0.15) is 36.4 Å². The highest BCUT2D eigenvalue weighted by molar-refractivity contribution is 5.27. The standard InChI is InChI=1S/C15H22FNO/c1-11-3-4-14(16)13(9-11)15(17-2)10-12-5-7-18-8-6-12/h3-4,9,12,15,17H,5-8,10H2,1-2H3. The van der Waals surface area contributed by atoms with E-state index in [0.29, 0.717) is 5.92 Å². The molecule has 3 heteroatoms. The first-order valence-corrected chi connectivity index (χ1v) is 6.71. The highest BCUT2D eigenvalue weighted by atomic mass is 19.1. The van der Waals surface area contributed by atoms with Crippen molar-refractivity contribution in [2.75, 3.05) is 20.3 Å². The largest absolute Gasteiger partial charge is 0.381 e. The first-order chi connectivity index (χ1) is 8.70. The normalized spacial score (nSPS) is 18.8.